The maximum absolute atomic E-state index is 12.7. The molecule has 0 saturated carbocycles. The van der Waals surface area contributed by atoms with Gasteiger partial charge in [-0.15, -0.1) is 0 Å². The molecule has 0 radical (unpaired) electrons. The lowest BCUT2D eigenvalue weighted by atomic mass is 10.0. The zero-order valence-corrected chi connectivity index (χ0v) is 8.12. The van der Waals surface area contributed by atoms with Crippen molar-refractivity contribution < 1.29 is 22.4 Å². The molecule has 3 nitrogen and oxygen atoms in total. The van der Waals surface area contributed by atoms with E-state index in [0.29, 0.717) is 0 Å². The first kappa shape index (κ1) is 12.9. The van der Waals surface area contributed by atoms with Gasteiger partial charge in [-0.3, -0.25) is 0 Å². The molecular formula is C10H4F4N2O. The summed E-state index contributed by atoms with van der Waals surface area (Å²) in [6.07, 6.45) is -3.83. The number of nitriles is 1. The Morgan fingerprint density at radius 1 is 1.35 bits per heavy atom. The summed E-state index contributed by atoms with van der Waals surface area (Å²) < 4.78 is 50.4. The van der Waals surface area contributed by atoms with Crippen LogP contribution in [0.2, 0.25) is 0 Å². The number of nitrogens with zero attached hydrogens (tertiary/aromatic N) is 2. The number of hydrogen-bond acceptors (Lipinski definition) is 3. The maximum Gasteiger partial charge on any atom is 0.416 e. The molecule has 0 aliphatic heterocycles. The Morgan fingerprint density at radius 2 is 2.00 bits per heavy atom. The summed E-state index contributed by atoms with van der Waals surface area (Å²) in [4.78, 5) is 12.9. The van der Waals surface area contributed by atoms with Crippen molar-refractivity contribution in [1.29, 1.82) is 5.26 Å². The fourth-order valence-corrected chi connectivity index (χ4v) is 1.23. The largest absolute Gasteiger partial charge is 0.416 e. The number of isocyanates is 1. The fourth-order valence-electron chi connectivity index (χ4n) is 1.23. The molecule has 0 aromatic heterocycles. The Balaban J connectivity index is 3.43. The highest BCUT2D eigenvalue weighted by atomic mass is 19.4. The molecule has 0 aliphatic carbocycles. The summed E-state index contributed by atoms with van der Waals surface area (Å²) >= 11 is 0. The van der Waals surface area contributed by atoms with Crippen molar-refractivity contribution in [3.8, 4) is 6.07 Å². The molecule has 0 saturated heterocycles. The number of alkyl halides is 3. The average Bonchev–Trinajstić information content (AvgIpc) is 2.25. The molecule has 0 heterocycles. The summed E-state index contributed by atoms with van der Waals surface area (Å²) in [5.41, 5.74) is -1.91. The number of halogens is 4. The van der Waals surface area contributed by atoms with Gasteiger partial charge in [-0.05, 0) is 12.1 Å². The predicted molar refractivity (Wildman–Crippen MR) is 47.9 cm³/mol. The zero-order valence-electron chi connectivity index (χ0n) is 8.12. The molecule has 0 aliphatic rings. The topological polar surface area (TPSA) is 53.2 Å². The van der Waals surface area contributed by atoms with Crippen LogP contribution in [-0.2, 0) is 11.0 Å². The summed E-state index contributed by atoms with van der Waals surface area (Å²) in [6, 6.07) is 1.53. The molecule has 1 aromatic rings. The molecule has 0 fully saturated rings. The number of aliphatic imine (C=N–C) groups is 1. The van der Waals surface area contributed by atoms with E-state index < -0.39 is 29.2 Å². The summed E-state index contributed by atoms with van der Waals surface area (Å²) in [5, 5.41) is 8.59. The first-order valence-corrected chi connectivity index (χ1v) is 4.23. The Bertz CT molecular complexity index is 512. The molecule has 1 rings (SSSR count). The van der Waals surface area contributed by atoms with Crippen molar-refractivity contribution in [3.63, 3.8) is 0 Å². The standard InChI is InChI=1S/C10H4F4N2O/c11-6-1-2-7(9(4-15)16-5-17)8(3-6)10(12,13)14/h1-3,9H. The molecule has 1 aromatic carbocycles. The van der Waals surface area contributed by atoms with Crippen LogP contribution >= 0.6 is 0 Å². The molecule has 0 N–H and O–H groups in total. The molecule has 0 spiro atoms. The average molecular weight is 244 g/mol. The highest BCUT2D eigenvalue weighted by Gasteiger charge is 2.35. The van der Waals surface area contributed by atoms with Gasteiger partial charge < -0.3 is 0 Å². The third kappa shape index (κ3) is 2.89. The van der Waals surface area contributed by atoms with Gasteiger partial charge in [0, 0.05) is 5.56 Å². The first-order valence-electron chi connectivity index (χ1n) is 4.23. The van der Waals surface area contributed by atoms with Crippen molar-refractivity contribution in [1.82, 2.24) is 0 Å². The second kappa shape index (κ2) is 4.76. The number of hydrogen-bond donors (Lipinski definition) is 0. The van der Waals surface area contributed by atoms with Crippen molar-refractivity contribution >= 4 is 6.08 Å². The van der Waals surface area contributed by atoms with Crippen LogP contribution in [0, 0.1) is 17.1 Å². The number of benzene rings is 1. The van der Waals surface area contributed by atoms with Gasteiger partial charge in [-0.2, -0.15) is 23.4 Å². The van der Waals surface area contributed by atoms with Gasteiger partial charge >= 0.3 is 6.18 Å². The van der Waals surface area contributed by atoms with Gasteiger partial charge in [-0.25, -0.2) is 9.18 Å². The van der Waals surface area contributed by atoms with Crippen molar-refractivity contribution in [3.05, 3.63) is 35.1 Å². The minimum absolute atomic E-state index is 0.250. The third-order valence-corrected chi connectivity index (χ3v) is 1.92. The summed E-state index contributed by atoms with van der Waals surface area (Å²) in [6.45, 7) is 0. The molecule has 88 valence electrons. The quantitative estimate of drug-likeness (QED) is 0.456. The van der Waals surface area contributed by atoms with Crippen molar-refractivity contribution in [2.24, 2.45) is 4.99 Å². The van der Waals surface area contributed by atoms with E-state index in [2.05, 4.69) is 4.99 Å². The lowest BCUT2D eigenvalue weighted by Crippen LogP contribution is -2.11. The van der Waals surface area contributed by atoms with Gasteiger partial charge in [-0.1, -0.05) is 6.07 Å². The fraction of sp³-hybridized carbons (Fsp3) is 0.200. The molecular weight excluding hydrogens is 240 g/mol. The Kier molecular flexibility index (Phi) is 3.61. The van der Waals surface area contributed by atoms with Crippen LogP contribution in [0.15, 0.2) is 23.2 Å². The molecule has 17 heavy (non-hydrogen) atoms. The van der Waals surface area contributed by atoms with Gasteiger partial charge in [0.15, 0.2) is 6.04 Å². The minimum Gasteiger partial charge on any atom is -0.211 e. The van der Waals surface area contributed by atoms with E-state index in [-0.39, 0.29) is 6.07 Å². The van der Waals surface area contributed by atoms with E-state index >= 15 is 0 Å². The Morgan fingerprint density at radius 3 is 2.47 bits per heavy atom. The normalized spacial score (nSPS) is 12.4. The van der Waals surface area contributed by atoms with Crippen LogP contribution in [0.3, 0.4) is 0 Å². The third-order valence-electron chi connectivity index (χ3n) is 1.92. The highest BCUT2D eigenvalue weighted by molar-refractivity contribution is 5.41. The van der Waals surface area contributed by atoms with Crippen LogP contribution in [-0.4, -0.2) is 6.08 Å². The summed E-state index contributed by atoms with van der Waals surface area (Å²) in [7, 11) is 0. The van der Waals surface area contributed by atoms with Gasteiger partial charge in [0.2, 0.25) is 6.08 Å². The zero-order chi connectivity index (χ0) is 13.1. The Labute approximate surface area is 93.0 Å². The van der Waals surface area contributed by atoms with E-state index in [9.17, 15) is 22.4 Å². The lowest BCUT2D eigenvalue weighted by molar-refractivity contribution is -0.138. The molecule has 0 bridgehead atoms. The minimum atomic E-state index is -4.83. The monoisotopic (exact) mass is 244 g/mol. The molecule has 1 atom stereocenters. The maximum atomic E-state index is 12.7. The van der Waals surface area contributed by atoms with Crippen LogP contribution in [0.4, 0.5) is 17.6 Å². The van der Waals surface area contributed by atoms with E-state index in [1.807, 2.05) is 0 Å². The SMILES string of the molecule is N#CC(N=C=O)c1ccc(F)cc1C(F)(F)F. The molecule has 7 heteroatoms. The van der Waals surface area contributed by atoms with E-state index in [1.165, 1.54) is 6.07 Å². The van der Waals surface area contributed by atoms with E-state index in [4.69, 9.17) is 5.26 Å². The predicted octanol–water partition coefficient (Wildman–Crippen LogP) is 2.74. The second-order valence-corrected chi connectivity index (χ2v) is 2.98. The van der Waals surface area contributed by atoms with Crippen LogP contribution in [0.5, 0.6) is 0 Å². The van der Waals surface area contributed by atoms with Gasteiger partial charge in [0.25, 0.3) is 0 Å². The first-order chi connectivity index (χ1) is 7.90. The second-order valence-electron chi connectivity index (χ2n) is 2.98. The van der Waals surface area contributed by atoms with Crippen LogP contribution < -0.4 is 0 Å². The number of rotatable bonds is 2. The van der Waals surface area contributed by atoms with Gasteiger partial charge in [0.1, 0.15) is 5.82 Å². The van der Waals surface area contributed by atoms with Crippen LogP contribution in [0.25, 0.3) is 0 Å². The highest BCUT2D eigenvalue weighted by Crippen LogP contribution is 2.35. The van der Waals surface area contributed by atoms with Crippen LogP contribution in [0.1, 0.15) is 17.2 Å². The Hall–Kier alpha value is -2.19. The molecule has 0 amide bonds. The molecule has 1 unspecified atom stereocenters. The van der Waals surface area contributed by atoms with Crippen molar-refractivity contribution in [2.75, 3.05) is 0 Å². The van der Waals surface area contributed by atoms with Crippen molar-refractivity contribution in [2.45, 2.75) is 12.2 Å². The summed E-state index contributed by atoms with van der Waals surface area (Å²) in [5.74, 6) is -1.09. The van der Waals surface area contributed by atoms with E-state index in [0.717, 1.165) is 18.2 Å². The number of carbonyl (C=O) groups excluding carboxylic acids is 1. The van der Waals surface area contributed by atoms with Gasteiger partial charge in [0.05, 0.1) is 11.6 Å². The smallest absolute Gasteiger partial charge is 0.211 e. The lowest BCUT2D eigenvalue weighted by Gasteiger charge is -2.13. The van der Waals surface area contributed by atoms with E-state index in [1.54, 1.807) is 0 Å².